The Morgan fingerprint density at radius 3 is 2.55 bits per heavy atom. The van der Waals surface area contributed by atoms with Crippen molar-refractivity contribution in [3.63, 3.8) is 0 Å². The molecule has 0 aliphatic carbocycles. The van der Waals surface area contributed by atoms with Gasteiger partial charge in [-0.2, -0.15) is 5.10 Å². The maximum atomic E-state index is 13.3. The van der Waals surface area contributed by atoms with Crippen LogP contribution in [0.1, 0.15) is 84.7 Å². The molecule has 0 spiro atoms. The van der Waals surface area contributed by atoms with E-state index in [0.29, 0.717) is 23.6 Å². The van der Waals surface area contributed by atoms with E-state index in [1.165, 1.54) is 0 Å². The number of benzene rings is 1. The summed E-state index contributed by atoms with van der Waals surface area (Å²) in [5, 5.41) is 7.75. The Balaban J connectivity index is 1.72. The fraction of sp³-hybridized carbons (Fsp3) is 0.400. The molecule has 4 rings (SSSR count). The molecule has 3 aromatic rings. The number of anilines is 1. The van der Waals surface area contributed by atoms with E-state index in [0.717, 1.165) is 24.1 Å². The van der Waals surface area contributed by atoms with Gasteiger partial charge in [0.15, 0.2) is 5.82 Å². The molecule has 8 nitrogen and oxygen atoms in total. The lowest BCUT2D eigenvalue weighted by Crippen LogP contribution is -2.33. The summed E-state index contributed by atoms with van der Waals surface area (Å²) < 4.78 is 1.81. The van der Waals surface area contributed by atoms with E-state index >= 15 is 0 Å². The average Bonchev–Trinajstić information content (AvgIpc) is 3.47. The van der Waals surface area contributed by atoms with Crippen LogP contribution in [0.5, 0.6) is 0 Å². The Morgan fingerprint density at radius 2 is 1.91 bits per heavy atom. The van der Waals surface area contributed by atoms with Crippen LogP contribution >= 0.6 is 0 Å². The van der Waals surface area contributed by atoms with Gasteiger partial charge in [-0.15, -0.1) is 0 Å². The summed E-state index contributed by atoms with van der Waals surface area (Å²) in [5.74, 6) is 0.115. The number of rotatable bonds is 7. The third kappa shape index (κ3) is 4.51. The minimum atomic E-state index is -0.228. The Kier molecular flexibility index (Phi) is 6.53. The van der Waals surface area contributed by atoms with Crippen LogP contribution in [-0.4, -0.2) is 44.1 Å². The van der Waals surface area contributed by atoms with Crippen molar-refractivity contribution in [2.45, 2.75) is 58.5 Å². The summed E-state index contributed by atoms with van der Waals surface area (Å²) in [4.78, 5) is 36.7. The first-order valence-corrected chi connectivity index (χ1v) is 11.5. The molecule has 0 radical (unpaired) electrons. The molecule has 172 valence electrons. The highest BCUT2D eigenvalue weighted by atomic mass is 16.2. The SMILES string of the molecule is CCC(CC)NC(=O)c1ccc2c(c1)C(c1ncn(C(C)C)n1)CN2C(=O)c1ccccn1. The first kappa shape index (κ1) is 22.6. The molecule has 0 fully saturated rings. The molecule has 0 saturated carbocycles. The van der Waals surface area contributed by atoms with Crippen LogP contribution in [0.2, 0.25) is 0 Å². The minimum Gasteiger partial charge on any atom is -0.349 e. The van der Waals surface area contributed by atoms with E-state index in [2.05, 4.69) is 34.2 Å². The summed E-state index contributed by atoms with van der Waals surface area (Å²) in [7, 11) is 0. The Labute approximate surface area is 194 Å². The Hall–Kier alpha value is -3.55. The van der Waals surface area contributed by atoms with Crippen LogP contribution < -0.4 is 10.2 Å². The molecule has 2 amide bonds. The second-order valence-corrected chi connectivity index (χ2v) is 8.62. The zero-order valence-electron chi connectivity index (χ0n) is 19.5. The van der Waals surface area contributed by atoms with Gasteiger partial charge in [-0.25, -0.2) is 4.98 Å². The largest absolute Gasteiger partial charge is 0.349 e. The molecule has 3 heterocycles. The number of aromatic nitrogens is 4. The fourth-order valence-electron chi connectivity index (χ4n) is 4.10. The van der Waals surface area contributed by atoms with Gasteiger partial charge in [-0.3, -0.25) is 19.3 Å². The molecular weight excluding hydrogens is 416 g/mol. The molecule has 1 aliphatic heterocycles. The number of hydrogen-bond donors (Lipinski definition) is 1. The predicted molar refractivity (Wildman–Crippen MR) is 126 cm³/mol. The molecule has 1 aliphatic rings. The van der Waals surface area contributed by atoms with E-state index in [1.54, 1.807) is 41.7 Å². The fourth-order valence-corrected chi connectivity index (χ4v) is 4.10. The predicted octanol–water partition coefficient (Wildman–Crippen LogP) is 3.96. The lowest BCUT2D eigenvalue weighted by Gasteiger charge is -2.18. The van der Waals surface area contributed by atoms with Crippen LogP contribution in [-0.2, 0) is 0 Å². The minimum absolute atomic E-state index is 0.111. The molecule has 2 aromatic heterocycles. The summed E-state index contributed by atoms with van der Waals surface area (Å²) in [5.41, 5.74) is 2.58. The third-order valence-corrected chi connectivity index (χ3v) is 6.14. The standard InChI is InChI=1S/C25H30N6O2/c1-5-18(6-2)28-24(32)17-10-11-22-19(13-17)20(23-27-15-31(29-23)16(3)4)14-30(22)25(33)21-9-7-8-12-26-21/h7-13,15-16,18,20H,5-6,14H2,1-4H3,(H,28,32). The lowest BCUT2D eigenvalue weighted by molar-refractivity contribution is 0.0933. The first-order valence-electron chi connectivity index (χ1n) is 11.5. The van der Waals surface area contributed by atoms with Crippen molar-refractivity contribution in [3.8, 4) is 0 Å². The number of carbonyl (C=O) groups excluding carboxylic acids is 2. The maximum absolute atomic E-state index is 13.3. The summed E-state index contributed by atoms with van der Waals surface area (Å²) in [6, 6.07) is 11.1. The van der Waals surface area contributed by atoms with Crippen LogP contribution in [0.25, 0.3) is 0 Å². The Morgan fingerprint density at radius 1 is 1.12 bits per heavy atom. The number of amides is 2. The van der Waals surface area contributed by atoms with Gasteiger partial charge in [0.05, 0.1) is 5.92 Å². The van der Waals surface area contributed by atoms with E-state index in [1.807, 2.05) is 30.7 Å². The van der Waals surface area contributed by atoms with Gasteiger partial charge in [0.1, 0.15) is 12.0 Å². The second kappa shape index (κ2) is 9.52. The molecule has 1 N–H and O–H groups in total. The second-order valence-electron chi connectivity index (χ2n) is 8.62. The zero-order valence-corrected chi connectivity index (χ0v) is 19.5. The molecule has 0 bridgehead atoms. The number of carbonyl (C=O) groups is 2. The van der Waals surface area contributed by atoms with E-state index in [4.69, 9.17) is 0 Å². The van der Waals surface area contributed by atoms with Crippen LogP contribution in [0.4, 0.5) is 5.69 Å². The number of nitrogens with zero attached hydrogens (tertiary/aromatic N) is 5. The number of fused-ring (bicyclic) bond motifs is 1. The quantitative estimate of drug-likeness (QED) is 0.593. The van der Waals surface area contributed by atoms with Crippen molar-refractivity contribution in [2.75, 3.05) is 11.4 Å². The van der Waals surface area contributed by atoms with Crippen LogP contribution in [0.15, 0.2) is 48.9 Å². The molecule has 33 heavy (non-hydrogen) atoms. The molecule has 1 aromatic carbocycles. The molecular formula is C25H30N6O2. The van der Waals surface area contributed by atoms with Gasteiger partial charge in [-0.05, 0) is 62.6 Å². The van der Waals surface area contributed by atoms with Crippen molar-refractivity contribution < 1.29 is 9.59 Å². The van der Waals surface area contributed by atoms with Crippen molar-refractivity contribution in [2.24, 2.45) is 0 Å². The van der Waals surface area contributed by atoms with Gasteiger partial charge in [0.25, 0.3) is 11.8 Å². The van der Waals surface area contributed by atoms with Gasteiger partial charge < -0.3 is 10.2 Å². The molecule has 8 heteroatoms. The van der Waals surface area contributed by atoms with Crippen molar-refractivity contribution in [3.05, 3.63) is 71.6 Å². The smallest absolute Gasteiger partial charge is 0.276 e. The highest BCUT2D eigenvalue weighted by Gasteiger charge is 2.37. The lowest BCUT2D eigenvalue weighted by atomic mass is 9.98. The van der Waals surface area contributed by atoms with E-state index < -0.39 is 0 Å². The summed E-state index contributed by atoms with van der Waals surface area (Å²) in [6.07, 6.45) is 5.07. The molecule has 0 saturated heterocycles. The van der Waals surface area contributed by atoms with Crippen LogP contribution in [0.3, 0.4) is 0 Å². The first-order chi connectivity index (χ1) is 15.9. The van der Waals surface area contributed by atoms with Gasteiger partial charge >= 0.3 is 0 Å². The van der Waals surface area contributed by atoms with E-state index in [-0.39, 0.29) is 29.8 Å². The topological polar surface area (TPSA) is 93.0 Å². The highest BCUT2D eigenvalue weighted by Crippen LogP contribution is 2.40. The zero-order chi connectivity index (χ0) is 23.5. The molecule has 1 atom stereocenters. The van der Waals surface area contributed by atoms with Gasteiger partial charge in [-0.1, -0.05) is 19.9 Å². The van der Waals surface area contributed by atoms with E-state index in [9.17, 15) is 9.59 Å². The third-order valence-electron chi connectivity index (χ3n) is 6.14. The van der Waals surface area contributed by atoms with Crippen molar-refractivity contribution in [1.82, 2.24) is 25.1 Å². The van der Waals surface area contributed by atoms with Gasteiger partial charge in [0, 0.05) is 36.1 Å². The van der Waals surface area contributed by atoms with Crippen molar-refractivity contribution >= 4 is 17.5 Å². The Bertz CT molecular complexity index is 1140. The monoisotopic (exact) mass is 446 g/mol. The van der Waals surface area contributed by atoms with Crippen LogP contribution in [0, 0.1) is 0 Å². The molecule has 1 unspecified atom stereocenters. The maximum Gasteiger partial charge on any atom is 0.276 e. The summed E-state index contributed by atoms with van der Waals surface area (Å²) >= 11 is 0. The average molecular weight is 447 g/mol. The number of pyridine rings is 1. The van der Waals surface area contributed by atoms with Gasteiger partial charge in [0.2, 0.25) is 0 Å². The number of hydrogen-bond acceptors (Lipinski definition) is 5. The highest BCUT2D eigenvalue weighted by molar-refractivity contribution is 6.07. The normalized spacial score (nSPS) is 15.2. The van der Waals surface area contributed by atoms with Crippen molar-refractivity contribution in [1.29, 1.82) is 0 Å². The number of nitrogens with one attached hydrogen (secondary N) is 1. The summed E-state index contributed by atoms with van der Waals surface area (Å²) in [6.45, 7) is 8.59.